The molecule has 3 N–H and O–H groups in total. The maximum Gasteiger partial charge on any atom is 0.241 e. The first-order valence-corrected chi connectivity index (χ1v) is 8.22. The molecule has 0 aliphatic rings. The Kier molecular flexibility index (Phi) is 4.92. The second-order valence-electron chi connectivity index (χ2n) is 4.68. The summed E-state index contributed by atoms with van der Waals surface area (Å²) in [5.41, 5.74) is 0.775. The van der Waals surface area contributed by atoms with Gasteiger partial charge in [0.1, 0.15) is 5.82 Å². The summed E-state index contributed by atoms with van der Waals surface area (Å²) in [7, 11) is -3.60. The number of anilines is 1. The molecule has 21 heavy (non-hydrogen) atoms. The molecule has 2 heterocycles. The molecular weight excluding hydrogens is 290 g/mol. The molecule has 0 aromatic carbocycles. The molecule has 1 atom stereocenters. The number of H-pyrrole nitrogens is 1. The highest BCUT2D eigenvalue weighted by Crippen LogP contribution is 2.17. The van der Waals surface area contributed by atoms with Crippen molar-refractivity contribution in [1.82, 2.24) is 19.9 Å². The Morgan fingerprint density at radius 3 is 2.90 bits per heavy atom. The Morgan fingerprint density at radius 2 is 2.24 bits per heavy atom. The number of pyridine rings is 1. The Bertz CT molecular complexity index is 670. The van der Waals surface area contributed by atoms with Gasteiger partial charge in [0.2, 0.25) is 10.0 Å². The Morgan fingerprint density at radius 1 is 1.43 bits per heavy atom. The Hall–Kier alpha value is -1.93. The van der Waals surface area contributed by atoms with Crippen molar-refractivity contribution in [3.63, 3.8) is 0 Å². The highest BCUT2D eigenvalue weighted by atomic mass is 32.2. The molecule has 7 nitrogen and oxygen atoms in total. The van der Waals surface area contributed by atoms with Crippen LogP contribution in [0.2, 0.25) is 0 Å². The molecule has 0 fully saturated rings. The van der Waals surface area contributed by atoms with Crippen LogP contribution in [0.25, 0.3) is 0 Å². The molecule has 0 radical (unpaired) electrons. The Labute approximate surface area is 124 Å². The average Bonchev–Trinajstić information content (AvgIpc) is 2.99. The summed E-state index contributed by atoms with van der Waals surface area (Å²) in [5, 5.41) is 9.55. The average molecular weight is 309 g/mol. The van der Waals surface area contributed by atoms with Gasteiger partial charge in [-0.1, -0.05) is 6.92 Å². The first-order chi connectivity index (χ1) is 10.0. The summed E-state index contributed by atoms with van der Waals surface area (Å²) < 4.78 is 27.3. The lowest BCUT2D eigenvalue weighted by atomic mass is 10.2. The van der Waals surface area contributed by atoms with Crippen molar-refractivity contribution >= 4 is 15.8 Å². The number of rotatable bonds is 7. The van der Waals surface area contributed by atoms with E-state index in [0.29, 0.717) is 5.82 Å². The second-order valence-corrected chi connectivity index (χ2v) is 6.39. The summed E-state index contributed by atoms with van der Waals surface area (Å²) >= 11 is 0. The molecule has 2 aromatic heterocycles. The Balaban J connectivity index is 2.15. The fourth-order valence-electron chi connectivity index (χ4n) is 1.79. The van der Waals surface area contributed by atoms with Gasteiger partial charge in [-0.3, -0.25) is 5.10 Å². The van der Waals surface area contributed by atoms with E-state index in [4.69, 9.17) is 0 Å². The van der Waals surface area contributed by atoms with Crippen LogP contribution in [0.15, 0.2) is 35.6 Å². The van der Waals surface area contributed by atoms with Crippen LogP contribution in [0.3, 0.4) is 0 Å². The van der Waals surface area contributed by atoms with E-state index in [1.54, 1.807) is 19.3 Å². The van der Waals surface area contributed by atoms with Crippen molar-refractivity contribution in [2.24, 2.45) is 0 Å². The van der Waals surface area contributed by atoms with Crippen LogP contribution in [-0.4, -0.2) is 30.1 Å². The zero-order valence-corrected chi connectivity index (χ0v) is 12.8. The molecule has 2 rings (SSSR count). The summed E-state index contributed by atoms with van der Waals surface area (Å²) in [6.45, 7) is 4.54. The van der Waals surface area contributed by atoms with Gasteiger partial charge in [0.05, 0.1) is 11.1 Å². The fraction of sp³-hybridized carbons (Fsp3) is 0.385. The number of hydrogen-bond acceptors (Lipinski definition) is 5. The van der Waals surface area contributed by atoms with Crippen LogP contribution in [0.4, 0.5) is 5.82 Å². The van der Waals surface area contributed by atoms with Gasteiger partial charge in [-0.05, 0) is 19.4 Å². The lowest BCUT2D eigenvalue weighted by Crippen LogP contribution is -2.26. The molecule has 0 saturated heterocycles. The van der Waals surface area contributed by atoms with Crippen molar-refractivity contribution in [2.75, 3.05) is 11.9 Å². The monoisotopic (exact) mass is 309 g/mol. The van der Waals surface area contributed by atoms with E-state index in [0.717, 1.165) is 18.5 Å². The van der Waals surface area contributed by atoms with Gasteiger partial charge >= 0.3 is 0 Å². The van der Waals surface area contributed by atoms with Crippen molar-refractivity contribution < 1.29 is 8.42 Å². The van der Waals surface area contributed by atoms with Crippen LogP contribution in [0.5, 0.6) is 0 Å². The molecule has 0 amide bonds. The third-order valence-electron chi connectivity index (χ3n) is 2.95. The third-order valence-corrected chi connectivity index (χ3v) is 4.49. The topological polar surface area (TPSA) is 99.8 Å². The van der Waals surface area contributed by atoms with Crippen LogP contribution in [-0.2, 0) is 10.0 Å². The largest absolute Gasteiger partial charge is 0.370 e. The van der Waals surface area contributed by atoms with Crippen LogP contribution < -0.4 is 10.0 Å². The lowest BCUT2D eigenvalue weighted by molar-refractivity contribution is 0.567. The van der Waals surface area contributed by atoms with Gasteiger partial charge in [0.15, 0.2) is 0 Å². The first kappa shape index (κ1) is 15.5. The number of nitrogens with zero attached hydrogens (tertiary/aromatic N) is 2. The number of aromatic nitrogens is 3. The molecule has 114 valence electrons. The van der Waals surface area contributed by atoms with E-state index in [9.17, 15) is 8.42 Å². The first-order valence-electron chi connectivity index (χ1n) is 6.74. The van der Waals surface area contributed by atoms with Gasteiger partial charge < -0.3 is 5.32 Å². The molecule has 0 spiro atoms. The number of nitrogens with one attached hydrogen (secondary N) is 3. The number of sulfonamides is 1. The van der Waals surface area contributed by atoms with E-state index in [1.807, 2.05) is 6.92 Å². The maximum atomic E-state index is 12.4. The summed E-state index contributed by atoms with van der Waals surface area (Å²) in [6, 6.07) is 2.63. The molecule has 0 aliphatic heterocycles. The minimum atomic E-state index is -3.60. The highest BCUT2D eigenvalue weighted by molar-refractivity contribution is 7.89. The van der Waals surface area contributed by atoms with Gasteiger partial charge in [0.25, 0.3) is 0 Å². The zero-order chi connectivity index (χ0) is 15.3. The van der Waals surface area contributed by atoms with Crippen molar-refractivity contribution in [2.45, 2.75) is 31.2 Å². The summed E-state index contributed by atoms with van der Waals surface area (Å²) in [4.78, 5) is 4.29. The van der Waals surface area contributed by atoms with Gasteiger partial charge in [-0.25, -0.2) is 18.1 Å². The highest BCUT2D eigenvalue weighted by Gasteiger charge is 2.19. The minimum absolute atomic E-state index is 0.187. The molecule has 1 unspecified atom stereocenters. The molecule has 0 saturated carbocycles. The maximum absolute atomic E-state index is 12.4. The third kappa shape index (κ3) is 4.02. The van der Waals surface area contributed by atoms with Crippen LogP contribution in [0.1, 0.15) is 31.9 Å². The molecular formula is C13H19N5O2S. The predicted molar refractivity (Wildman–Crippen MR) is 80.3 cm³/mol. The van der Waals surface area contributed by atoms with Crippen LogP contribution in [0, 0.1) is 0 Å². The zero-order valence-electron chi connectivity index (χ0n) is 12.0. The van der Waals surface area contributed by atoms with E-state index in [1.165, 1.54) is 18.3 Å². The van der Waals surface area contributed by atoms with Crippen molar-refractivity contribution in [3.05, 3.63) is 36.3 Å². The smallest absolute Gasteiger partial charge is 0.241 e. The fourth-order valence-corrected chi connectivity index (χ4v) is 3.04. The normalized spacial score (nSPS) is 13.0. The SMILES string of the molecule is CCCNc1cc(S(=O)(=O)NC(C)c2cn[nH]c2)ccn1. The van der Waals surface area contributed by atoms with E-state index < -0.39 is 10.0 Å². The lowest BCUT2D eigenvalue weighted by Gasteiger charge is -2.13. The molecule has 2 aromatic rings. The number of aromatic amines is 1. The van der Waals surface area contributed by atoms with Gasteiger partial charge in [-0.2, -0.15) is 5.10 Å². The van der Waals surface area contributed by atoms with Gasteiger partial charge in [-0.15, -0.1) is 0 Å². The molecule has 0 aliphatic carbocycles. The number of hydrogen-bond donors (Lipinski definition) is 3. The van der Waals surface area contributed by atoms with E-state index >= 15 is 0 Å². The standard InChI is InChI=1S/C13H19N5O2S/c1-3-5-14-13-7-12(4-6-15-13)21(19,20)18-10(2)11-8-16-17-9-11/h4,6-10,18H,3,5H2,1-2H3,(H,14,15)(H,16,17). The summed E-state index contributed by atoms with van der Waals surface area (Å²) in [5.74, 6) is 0.552. The minimum Gasteiger partial charge on any atom is -0.370 e. The quantitative estimate of drug-likeness (QED) is 0.722. The predicted octanol–water partition coefficient (Wildman–Crippen LogP) is 1.67. The second kappa shape index (κ2) is 6.68. The molecule has 8 heteroatoms. The van der Waals surface area contributed by atoms with Gasteiger partial charge in [0, 0.05) is 36.6 Å². The van der Waals surface area contributed by atoms with Crippen molar-refractivity contribution in [1.29, 1.82) is 0 Å². The van der Waals surface area contributed by atoms with Crippen LogP contribution >= 0.6 is 0 Å². The van der Waals surface area contributed by atoms with E-state index in [-0.39, 0.29) is 10.9 Å². The van der Waals surface area contributed by atoms with Crippen molar-refractivity contribution in [3.8, 4) is 0 Å². The van der Waals surface area contributed by atoms with E-state index in [2.05, 4.69) is 25.2 Å². The molecule has 0 bridgehead atoms. The summed E-state index contributed by atoms with van der Waals surface area (Å²) in [6.07, 6.45) is 5.67.